The third-order valence-electron chi connectivity index (χ3n) is 2.12. The van der Waals surface area contributed by atoms with Crippen molar-refractivity contribution in [2.75, 3.05) is 0 Å². The van der Waals surface area contributed by atoms with E-state index < -0.39 is 0 Å². The Bertz CT molecular complexity index is 336. The second-order valence-electron chi connectivity index (χ2n) is 3.12. The van der Waals surface area contributed by atoms with Crippen LogP contribution in [0, 0.1) is 5.92 Å². The Morgan fingerprint density at radius 3 is 3.00 bits per heavy atom. The lowest BCUT2D eigenvalue weighted by Gasteiger charge is -2.14. The zero-order chi connectivity index (χ0) is 8.72. The van der Waals surface area contributed by atoms with Crippen molar-refractivity contribution in [3.8, 4) is 0 Å². The molecule has 0 aliphatic carbocycles. The van der Waals surface area contributed by atoms with Gasteiger partial charge in [0, 0.05) is 17.6 Å². The third kappa shape index (κ3) is 0.897. The molecular formula is C9H10N2O. The van der Waals surface area contributed by atoms with Gasteiger partial charge in [-0.15, -0.1) is 0 Å². The van der Waals surface area contributed by atoms with Gasteiger partial charge in [-0.05, 0) is 25.5 Å². The molecule has 1 atom stereocenters. The van der Waals surface area contributed by atoms with E-state index in [0.717, 1.165) is 17.0 Å². The van der Waals surface area contributed by atoms with Gasteiger partial charge in [0.25, 0.3) is 0 Å². The minimum absolute atomic E-state index is 0.0370. The van der Waals surface area contributed by atoms with Crippen LogP contribution in [0.25, 0.3) is 0 Å². The lowest BCUT2D eigenvalue weighted by molar-refractivity contribution is -0.120. The maximum atomic E-state index is 11.3. The average Bonchev–Trinajstić information content (AvgIpc) is 2.31. The molecule has 62 valence electrons. The SMILES string of the molecule is CC1=CC2=CNC(=O)[C@@H]2C(C)=N1. The normalized spacial score (nSPS) is 27.0. The van der Waals surface area contributed by atoms with E-state index in [4.69, 9.17) is 0 Å². The van der Waals surface area contributed by atoms with Crippen molar-refractivity contribution in [2.24, 2.45) is 10.9 Å². The lowest BCUT2D eigenvalue weighted by atomic mass is 9.94. The molecule has 0 aromatic rings. The summed E-state index contributed by atoms with van der Waals surface area (Å²) < 4.78 is 0. The molecule has 0 saturated carbocycles. The molecular weight excluding hydrogens is 152 g/mol. The van der Waals surface area contributed by atoms with Gasteiger partial charge in [-0.25, -0.2) is 0 Å². The summed E-state index contributed by atoms with van der Waals surface area (Å²) in [7, 11) is 0. The Morgan fingerprint density at radius 1 is 1.50 bits per heavy atom. The van der Waals surface area contributed by atoms with Crippen molar-refractivity contribution in [1.29, 1.82) is 0 Å². The number of nitrogens with one attached hydrogen (secondary N) is 1. The van der Waals surface area contributed by atoms with E-state index in [1.54, 1.807) is 6.20 Å². The first-order chi connectivity index (χ1) is 5.68. The van der Waals surface area contributed by atoms with Gasteiger partial charge in [-0.1, -0.05) is 0 Å². The zero-order valence-electron chi connectivity index (χ0n) is 7.09. The molecule has 0 spiro atoms. The smallest absolute Gasteiger partial charge is 0.237 e. The number of allylic oxidation sites excluding steroid dienone is 2. The van der Waals surface area contributed by atoms with Gasteiger partial charge in [0.1, 0.15) is 5.92 Å². The van der Waals surface area contributed by atoms with E-state index in [9.17, 15) is 4.79 Å². The van der Waals surface area contributed by atoms with Crippen LogP contribution in [0.15, 0.2) is 28.5 Å². The highest BCUT2D eigenvalue weighted by molar-refractivity contribution is 6.09. The minimum Gasteiger partial charge on any atom is -0.331 e. The van der Waals surface area contributed by atoms with E-state index in [2.05, 4.69) is 10.3 Å². The van der Waals surface area contributed by atoms with Crippen molar-refractivity contribution in [3.05, 3.63) is 23.5 Å². The molecule has 0 radical (unpaired) electrons. The molecule has 1 N–H and O–H groups in total. The van der Waals surface area contributed by atoms with Crippen LogP contribution in [0.3, 0.4) is 0 Å². The number of aliphatic imine (C=N–C) groups is 1. The van der Waals surface area contributed by atoms with Crippen LogP contribution in [-0.2, 0) is 4.79 Å². The summed E-state index contributed by atoms with van der Waals surface area (Å²) in [6, 6.07) is 0. The number of carbonyl (C=O) groups excluding carboxylic acids is 1. The van der Waals surface area contributed by atoms with Crippen LogP contribution in [-0.4, -0.2) is 11.6 Å². The Hall–Kier alpha value is -1.38. The highest BCUT2D eigenvalue weighted by Gasteiger charge is 2.30. The molecule has 2 aliphatic rings. The fourth-order valence-corrected chi connectivity index (χ4v) is 1.64. The molecule has 0 bridgehead atoms. The molecule has 2 heterocycles. The Labute approximate surface area is 70.9 Å². The molecule has 3 nitrogen and oxygen atoms in total. The van der Waals surface area contributed by atoms with Gasteiger partial charge >= 0.3 is 0 Å². The van der Waals surface area contributed by atoms with E-state index >= 15 is 0 Å². The first-order valence-corrected chi connectivity index (χ1v) is 3.92. The second-order valence-corrected chi connectivity index (χ2v) is 3.12. The summed E-state index contributed by atoms with van der Waals surface area (Å²) in [5.41, 5.74) is 2.88. The van der Waals surface area contributed by atoms with Gasteiger partial charge in [0.2, 0.25) is 5.91 Å². The Morgan fingerprint density at radius 2 is 2.25 bits per heavy atom. The maximum absolute atomic E-state index is 11.3. The molecule has 12 heavy (non-hydrogen) atoms. The van der Waals surface area contributed by atoms with Gasteiger partial charge in [0.15, 0.2) is 0 Å². The van der Waals surface area contributed by atoms with Gasteiger partial charge in [-0.2, -0.15) is 0 Å². The van der Waals surface area contributed by atoms with Crippen molar-refractivity contribution in [1.82, 2.24) is 5.32 Å². The van der Waals surface area contributed by atoms with Gasteiger partial charge in [-0.3, -0.25) is 9.79 Å². The monoisotopic (exact) mass is 162 g/mol. The second kappa shape index (κ2) is 2.30. The van der Waals surface area contributed by atoms with Crippen molar-refractivity contribution in [2.45, 2.75) is 13.8 Å². The number of rotatable bonds is 0. The van der Waals surface area contributed by atoms with Crippen LogP contribution in [0.2, 0.25) is 0 Å². The fourth-order valence-electron chi connectivity index (χ4n) is 1.64. The van der Waals surface area contributed by atoms with Crippen molar-refractivity contribution < 1.29 is 4.79 Å². The van der Waals surface area contributed by atoms with Gasteiger partial charge < -0.3 is 5.32 Å². The molecule has 3 heteroatoms. The highest BCUT2D eigenvalue weighted by Crippen LogP contribution is 2.25. The van der Waals surface area contributed by atoms with Crippen LogP contribution in [0.5, 0.6) is 0 Å². The van der Waals surface area contributed by atoms with Crippen LogP contribution >= 0.6 is 0 Å². The lowest BCUT2D eigenvalue weighted by Crippen LogP contribution is -2.26. The summed E-state index contributed by atoms with van der Waals surface area (Å²) in [5, 5.41) is 2.69. The quantitative estimate of drug-likeness (QED) is 0.567. The van der Waals surface area contributed by atoms with E-state index in [1.807, 2.05) is 19.9 Å². The standard InChI is InChI=1S/C9H10N2O/c1-5-3-7-4-10-9(12)8(7)6(2)11-5/h3-4,8H,1-2H3,(H,10,12)/t8-/m1/s1. The number of hydrogen-bond acceptors (Lipinski definition) is 2. The average molecular weight is 162 g/mol. The number of amides is 1. The first-order valence-electron chi connectivity index (χ1n) is 3.92. The van der Waals surface area contributed by atoms with Crippen molar-refractivity contribution >= 4 is 11.6 Å². The summed E-state index contributed by atoms with van der Waals surface area (Å²) >= 11 is 0. The number of hydrogen-bond donors (Lipinski definition) is 1. The number of fused-ring (bicyclic) bond motifs is 1. The van der Waals surface area contributed by atoms with Gasteiger partial charge in [0.05, 0.1) is 0 Å². The minimum atomic E-state index is -0.131. The topological polar surface area (TPSA) is 41.5 Å². The fraction of sp³-hybridized carbons (Fsp3) is 0.333. The summed E-state index contributed by atoms with van der Waals surface area (Å²) in [6.45, 7) is 3.82. The molecule has 0 fully saturated rings. The van der Waals surface area contributed by atoms with E-state index in [0.29, 0.717) is 0 Å². The Kier molecular flexibility index (Phi) is 1.40. The van der Waals surface area contributed by atoms with Crippen LogP contribution in [0.1, 0.15) is 13.8 Å². The number of carbonyl (C=O) groups is 1. The van der Waals surface area contributed by atoms with Crippen molar-refractivity contribution in [3.63, 3.8) is 0 Å². The predicted molar refractivity (Wildman–Crippen MR) is 46.6 cm³/mol. The summed E-state index contributed by atoms with van der Waals surface area (Å²) in [4.78, 5) is 15.5. The van der Waals surface area contributed by atoms with Crippen LogP contribution in [0.4, 0.5) is 0 Å². The maximum Gasteiger partial charge on any atom is 0.237 e. The zero-order valence-corrected chi connectivity index (χ0v) is 7.09. The first kappa shape index (κ1) is 7.28. The van der Waals surface area contributed by atoms with Crippen LogP contribution < -0.4 is 5.32 Å². The largest absolute Gasteiger partial charge is 0.331 e. The molecule has 0 unspecified atom stereocenters. The molecule has 0 aromatic heterocycles. The summed E-state index contributed by atoms with van der Waals surface area (Å²) in [5.74, 6) is -0.0938. The molecule has 2 aliphatic heterocycles. The highest BCUT2D eigenvalue weighted by atomic mass is 16.2. The molecule has 2 rings (SSSR count). The number of nitrogens with zero attached hydrogens (tertiary/aromatic N) is 1. The molecule has 0 saturated heterocycles. The summed E-state index contributed by atoms with van der Waals surface area (Å²) in [6.07, 6.45) is 3.70. The van der Waals surface area contributed by atoms with E-state index in [-0.39, 0.29) is 11.8 Å². The molecule has 1 amide bonds. The Balaban J connectivity index is 2.46. The third-order valence-corrected chi connectivity index (χ3v) is 2.12. The van der Waals surface area contributed by atoms with E-state index in [1.165, 1.54) is 0 Å². The predicted octanol–water partition coefficient (Wildman–Crippen LogP) is 0.995. The molecule has 0 aromatic carbocycles.